The molecule has 0 bridgehead atoms. The lowest BCUT2D eigenvalue weighted by molar-refractivity contribution is 0.173. The highest BCUT2D eigenvalue weighted by Crippen LogP contribution is 2.16. The van der Waals surface area contributed by atoms with E-state index in [1.807, 2.05) is 0 Å². The summed E-state index contributed by atoms with van der Waals surface area (Å²) in [7, 11) is 0. The SMILES string of the molecule is NCC1CNCCN1C(=O)Nc1ccc(F)cc1F. The van der Waals surface area contributed by atoms with E-state index in [-0.39, 0.29) is 11.7 Å². The monoisotopic (exact) mass is 270 g/mol. The van der Waals surface area contributed by atoms with E-state index in [1.165, 1.54) is 6.07 Å². The number of nitrogens with one attached hydrogen (secondary N) is 2. The highest BCUT2D eigenvalue weighted by Gasteiger charge is 2.25. The van der Waals surface area contributed by atoms with Crippen molar-refractivity contribution in [1.82, 2.24) is 10.2 Å². The van der Waals surface area contributed by atoms with Crippen LogP contribution in [-0.4, -0.2) is 43.2 Å². The average molecular weight is 270 g/mol. The largest absolute Gasteiger partial charge is 0.328 e. The molecular weight excluding hydrogens is 254 g/mol. The fourth-order valence-corrected chi connectivity index (χ4v) is 2.02. The van der Waals surface area contributed by atoms with Gasteiger partial charge in [-0.1, -0.05) is 0 Å². The molecule has 2 amide bonds. The van der Waals surface area contributed by atoms with Crippen molar-refractivity contribution in [2.75, 3.05) is 31.5 Å². The number of urea groups is 1. The number of nitrogens with zero attached hydrogens (tertiary/aromatic N) is 1. The Morgan fingerprint density at radius 1 is 1.53 bits per heavy atom. The predicted octanol–water partition coefficient (Wildman–Crippen LogP) is 0.729. The molecule has 7 heteroatoms. The molecule has 4 N–H and O–H groups in total. The summed E-state index contributed by atoms with van der Waals surface area (Å²) < 4.78 is 26.2. The molecule has 1 saturated heterocycles. The van der Waals surface area contributed by atoms with Crippen molar-refractivity contribution < 1.29 is 13.6 Å². The Morgan fingerprint density at radius 2 is 2.32 bits per heavy atom. The zero-order valence-corrected chi connectivity index (χ0v) is 10.3. The summed E-state index contributed by atoms with van der Waals surface area (Å²) in [5.41, 5.74) is 5.55. The Kier molecular flexibility index (Phi) is 4.28. The number of anilines is 1. The summed E-state index contributed by atoms with van der Waals surface area (Å²) in [6.45, 7) is 2.09. The predicted molar refractivity (Wildman–Crippen MR) is 67.8 cm³/mol. The van der Waals surface area contributed by atoms with E-state index < -0.39 is 17.7 Å². The summed E-state index contributed by atoms with van der Waals surface area (Å²) in [5.74, 6) is -1.48. The van der Waals surface area contributed by atoms with Gasteiger partial charge in [-0.05, 0) is 12.1 Å². The lowest BCUT2D eigenvalue weighted by atomic mass is 10.2. The van der Waals surface area contributed by atoms with Gasteiger partial charge in [-0.15, -0.1) is 0 Å². The maximum absolute atomic E-state index is 13.4. The number of nitrogens with two attached hydrogens (primary N) is 1. The molecule has 0 radical (unpaired) electrons. The Bertz CT molecular complexity index is 469. The second-order valence-corrected chi connectivity index (χ2v) is 4.34. The molecule has 1 fully saturated rings. The van der Waals surface area contributed by atoms with Crippen LogP contribution in [0.15, 0.2) is 18.2 Å². The number of carbonyl (C=O) groups excluding carboxylic acids is 1. The number of halogens is 2. The zero-order valence-electron chi connectivity index (χ0n) is 10.3. The molecule has 1 unspecified atom stereocenters. The standard InChI is InChI=1S/C12H16F2N4O/c13-8-1-2-11(10(14)5-8)17-12(19)18-4-3-16-7-9(18)6-15/h1-2,5,9,16H,3-4,6-7,15H2,(H,17,19). The first-order valence-electron chi connectivity index (χ1n) is 6.05. The van der Waals surface area contributed by atoms with E-state index >= 15 is 0 Å². The minimum Gasteiger partial charge on any atom is -0.328 e. The van der Waals surface area contributed by atoms with Gasteiger partial charge in [-0.25, -0.2) is 13.6 Å². The highest BCUT2D eigenvalue weighted by molar-refractivity contribution is 5.89. The molecule has 1 atom stereocenters. The third-order valence-electron chi connectivity index (χ3n) is 3.06. The van der Waals surface area contributed by atoms with Crippen molar-refractivity contribution in [3.05, 3.63) is 29.8 Å². The van der Waals surface area contributed by atoms with E-state index in [0.29, 0.717) is 26.2 Å². The first-order valence-corrected chi connectivity index (χ1v) is 6.05. The number of amides is 2. The van der Waals surface area contributed by atoms with Crippen LogP contribution in [-0.2, 0) is 0 Å². The number of hydrogen-bond donors (Lipinski definition) is 3. The van der Waals surface area contributed by atoms with Gasteiger partial charge in [0.25, 0.3) is 0 Å². The van der Waals surface area contributed by atoms with Crippen LogP contribution < -0.4 is 16.4 Å². The molecule has 104 valence electrons. The van der Waals surface area contributed by atoms with Crippen LogP contribution in [0.2, 0.25) is 0 Å². The molecule has 0 aromatic heterocycles. The minimum atomic E-state index is -0.798. The molecule has 19 heavy (non-hydrogen) atoms. The topological polar surface area (TPSA) is 70.4 Å². The highest BCUT2D eigenvalue weighted by atomic mass is 19.1. The summed E-state index contributed by atoms with van der Waals surface area (Å²) in [5, 5.41) is 5.56. The lowest BCUT2D eigenvalue weighted by Crippen LogP contribution is -2.57. The lowest BCUT2D eigenvalue weighted by Gasteiger charge is -2.35. The van der Waals surface area contributed by atoms with Crippen molar-refractivity contribution in [1.29, 1.82) is 0 Å². The third kappa shape index (κ3) is 3.18. The third-order valence-corrected chi connectivity index (χ3v) is 3.06. The van der Waals surface area contributed by atoms with Gasteiger partial charge in [0.2, 0.25) is 0 Å². The summed E-state index contributed by atoms with van der Waals surface area (Å²) >= 11 is 0. The summed E-state index contributed by atoms with van der Waals surface area (Å²) in [6, 6.07) is 2.46. The van der Waals surface area contributed by atoms with Gasteiger partial charge < -0.3 is 21.3 Å². The van der Waals surface area contributed by atoms with E-state index in [4.69, 9.17) is 5.73 Å². The number of carbonyl (C=O) groups is 1. The van der Waals surface area contributed by atoms with E-state index in [0.717, 1.165) is 12.1 Å². The minimum absolute atomic E-state index is 0.0410. The van der Waals surface area contributed by atoms with Crippen LogP contribution in [0.1, 0.15) is 0 Å². The number of rotatable bonds is 2. The molecule has 1 aromatic carbocycles. The first-order chi connectivity index (χ1) is 9.11. The molecule has 5 nitrogen and oxygen atoms in total. The zero-order chi connectivity index (χ0) is 13.8. The van der Waals surface area contributed by atoms with Crippen LogP contribution in [0, 0.1) is 11.6 Å². The van der Waals surface area contributed by atoms with Crippen molar-refractivity contribution in [2.45, 2.75) is 6.04 Å². The molecule has 1 aliphatic heterocycles. The molecule has 1 aromatic rings. The molecule has 0 spiro atoms. The van der Waals surface area contributed by atoms with Gasteiger partial charge in [0.15, 0.2) is 0 Å². The second-order valence-electron chi connectivity index (χ2n) is 4.34. The summed E-state index contributed by atoms with van der Waals surface area (Å²) in [4.78, 5) is 13.6. The maximum Gasteiger partial charge on any atom is 0.322 e. The van der Waals surface area contributed by atoms with Crippen molar-refractivity contribution in [3.8, 4) is 0 Å². The Labute approximate surface area is 109 Å². The normalized spacial score (nSPS) is 19.3. The van der Waals surface area contributed by atoms with Crippen LogP contribution in [0.25, 0.3) is 0 Å². The molecule has 0 aliphatic carbocycles. The van der Waals surface area contributed by atoms with Gasteiger partial charge in [0, 0.05) is 32.2 Å². The second kappa shape index (κ2) is 5.94. The molecule has 2 rings (SSSR count). The van der Waals surface area contributed by atoms with Gasteiger partial charge in [0.1, 0.15) is 11.6 Å². The van der Waals surface area contributed by atoms with E-state index in [2.05, 4.69) is 10.6 Å². The Hall–Kier alpha value is -1.73. The van der Waals surface area contributed by atoms with Crippen LogP contribution in [0.5, 0.6) is 0 Å². The van der Waals surface area contributed by atoms with Crippen LogP contribution >= 0.6 is 0 Å². The average Bonchev–Trinajstić information content (AvgIpc) is 2.41. The summed E-state index contributed by atoms with van der Waals surface area (Å²) in [6.07, 6.45) is 0. The van der Waals surface area contributed by atoms with Crippen molar-refractivity contribution >= 4 is 11.7 Å². The molecule has 1 heterocycles. The molecule has 1 aliphatic rings. The number of hydrogen-bond acceptors (Lipinski definition) is 3. The fourth-order valence-electron chi connectivity index (χ4n) is 2.02. The van der Waals surface area contributed by atoms with Gasteiger partial charge in [0.05, 0.1) is 11.7 Å². The van der Waals surface area contributed by atoms with Gasteiger partial charge in [-0.3, -0.25) is 0 Å². The quantitative estimate of drug-likeness (QED) is 0.742. The van der Waals surface area contributed by atoms with Gasteiger partial charge in [-0.2, -0.15) is 0 Å². The molecular formula is C12H16F2N4O. The van der Waals surface area contributed by atoms with E-state index in [9.17, 15) is 13.6 Å². The molecule has 0 saturated carbocycles. The maximum atomic E-state index is 13.4. The van der Waals surface area contributed by atoms with E-state index in [1.54, 1.807) is 4.90 Å². The smallest absolute Gasteiger partial charge is 0.322 e. The fraction of sp³-hybridized carbons (Fsp3) is 0.417. The number of piperazine rings is 1. The number of benzene rings is 1. The Morgan fingerprint density at radius 3 is 3.00 bits per heavy atom. The first kappa shape index (κ1) is 13.7. The van der Waals surface area contributed by atoms with Crippen LogP contribution in [0.3, 0.4) is 0 Å². The van der Waals surface area contributed by atoms with Gasteiger partial charge >= 0.3 is 6.03 Å². The van der Waals surface area contributed by atoms with Crippen molar-refractivity contribution in [3.63, 3.8) is 0 Å². The van der Waals surface area contributed by atoms with Crippen LogP contribution in [0.4, 0.5) is 19.3 Å². The van der Waals surface area contributed by atoms with Crippen molar-refractivity contribution in [2.24, 2.45) is 5.73 Å². The Balaban J connectivity index is 2.07.